The number of fused-ring (bicyclic) bond motifs is 12. The maximum Gasteiger partial charge on any atom is 0.235 e. The molecule has 13 rings (SSSR count). The first kappa shape index (κ1) is 36.5. The van der Waals surface area contributed by atoms with Crippen molar-refractivity contribution >= 4 is 67.9 Å². The molecular weight excluding hydrogens is 793 g/mol. The number of aryl methyl sites for hydroxylation is 1. The lowest BCUT2D eigenvalue weighted by atomic mass is 9.99. The van der Waals surface area contributed by atoms with E-state index in [0.717, 1.165) is 33.9 Å². The van der Waals surface area contributed by atoms with Crippen molar-refractivity contribution < 1.29 is 0 Å². The van der Waals surface area contributed by atoms with Crippen molar-refractivity contribution in [3.05, 3.63) is 230 Å². The molecule has 2 aliphatic rings. The van der Waals surface area contributed by atoms with Gasteiger partial charge in [-0.3, -0.25) is 4.90 Å². The molecule has 0 unspecified atom stereocenters. The van der Waals surface area contributed by atoms with Crippen molar-refractivity contribution in [3.8, 4) is 50.5 Å². The van der Waals surface area contributed by atoms with E-state index in [1.165, 1.54) is 76.1 Å². The Hall–Kier alpha value is -8.12. The van der Waals surface area contributed by atoms with E-state index in [9.17, 15) is 0 Å². The van der Waals surface area contributed by atoms with Crippen LogP contribution in [0.15, 0.2) is 224 Å². The number of benzene rings is 9. The van der Waals surface area contributed by atoms with Crippen LogP contribution in [0, 0.1) is 6.92 Å². The number of aromatic nitrogens is 3. The Bertz CT molecular complexity index is 3530. The van der Waals surface area contributed by atoms with Crippen molar-refractivity contribution in [2.75, 3.05) is 4.90 Å². The minimum atomic E-state index is -2.94. The molecule has 0 fully saturated rings. The summed E-state index contributed by atoms with van der Waals surface area (Å²) >= 11 is 0. The number of hydrogen-bond donors (Lipinski definition) is 0. The van der Waals surface area contributed by atoms with Gasteiger partial charge >= 0.3 is 0 Å². The van der Waals surface area contributed by atoms with Crippen LogP contribution in [-0.2, 0) is 0 Å². The molecule has 0 aliphatic carbocycles. The lowest BCUT2D eigenvalue weighted by Gasteiger charge is -2.42. The summed E-state index contributed by atoms with van der Waals surface area (Å²) < 4.78 is 2.40. The molecule has 4 heterocycles. The first-order valence-corrected chi connectivity index (χ1v) is 24.0. The van der Waals surface area contributed by atoms with Crippen LogP contribution in [-0.4, -0.2) is 22.6 Å². The van der Waals surface area contributed by atoms with Gasteiger partial charge in [0.1, 0.15) is 0 Å². The van der Waals surface area contributed by atoms with Gasteiger partial charge in [0.15, 0.2) is 8.07 Å². The van der Waals surface area contributed by atoms with Crippen molar-refractivity contribution in [2.45, 2.75) is 6.92 Å². The van der Waals surface area contributed by atoms with Crippen LogP contribution in [0.2, 0.25) is 0 Å². The van der Waals surface area contributed by atoms with Gasteiger partial charge in [0, 0.05) is 39.0 Å². The topological polar surface area (TPSA) is 34.0 Å². The van der Waals surface area contributed by atoms with Crippen LogP contribution in [0.25, 0.3) is 72.3 Å². The highest BCUT2D eigenvalue weighted by molar-refractivity contribution is 7.23. The third-order valence-corrected chi connectivity index (χ3v) is 18.4. The zero-order chi connectivity index (χ0) is 42.4. The molecular formula is C59H40N4Si. The van der Waals surface area contributed by atoms with E-state index in [-0.39, 0.29) is 0 Å². The van der Waals surface area contributed by atoms with E-state index >= 15 is 0 Å². The largest absolute Gasteiger partial charge is 0.309 e. The molecule has 11 aromatic rings. The van der Waals surface area contributed by atoms with E-state index < -0.39 is 8.07 Å². The van der Waals surface area contributed by atoms with Crippen LogP contribution in [0.4, 0.5) is 17.3 Å². The number of rotatable bonds is 5. The molecule has 2 aliphatic heterocycles. The van der Waals surface area contributed by atoms with Crippen LogP contribution in [0.5, 0.6) is 0 Å². The van der Waals surface area contributed by atoms with Crippen LogP contribution >= 0.6 is 0 Å². The van der Waals surface area contributed by atoms with Gasteiger partial charge in [-0.1, -0.05) is 181 Å². The lowest BCUT2D eigenvalue weighted by molar-refractivity contribution is 1.09. The fourth-order valence-electron chi connectivity index (χ4n) is 10.7. The number of para-hydroxylation sites is 3. The summed E-state index contributed by atoms with van der Waals surface area (Å²) in [4.78, 5) is 13.1. The van der Waals surface area contributed by atoms with Gasteiger partial charge in [0.2, 0.25) is 5.95 Å². The van der Waals surface area contributed by atoms with Crippen molar-refractivity contribution in [1.82, 2.24) is 14.5 Å². The molecule has 0 radical (unpaired) electrons. The Kier molecular flexibility index (Phi) is 8.11. The lowest BCUT2D eigenvalue weighted by Crippen LogP contribution is -2.75. The van der Waals surface area contributed by atoms with E-state index in [0.29, 0.717) is 5.95 Å². The summed E-state index contributed by atoms with van der Waals surface area (Å²) in [6.07, 6.45) is 0. The molecule has 0 amide bonds. The van der Waals surface area contributed by atoms with Gasteiger partial charge in [0.25, 0.3) is 0 Å². The fourth-order valence-corrected chi connectivity index (χ4v) is 16.2. The zero-order valence-corrected chi connectivity index (χ0v) is 36.2. The predicted molar refractivity (Wildman–Crippen MR) is 268 cm³/mol. The van der Waals surface area contributed by atoms with Gasteiger partial charge in [0.05, 0.1) is 22.4 Å². The SMILES string of the molecule is Cc1ccc(-n2c3ccccc3c3cc(-c4ccc5c(c4)[Si]4(c6ccccc6-5)c5ccccc5N(c5nc(-c6ccccc6)cc(-c6ccccc6)n5)c5ccccc54)ccc32)cc1. The fraction of sp³-hybridized carbons (Fsp3) is 0.0169. The minimum Gasteiger partial charge on any atom is -0.309 e. The highest BCUT2D eigenvalue weighted by atomic mass is 28.3. The maximum absolute atomic E-state index is 5.41. The molecule has 9 aromatic carbocycles. The summed E-state index contributed by atoms with van der Waals surface area (Å²) in [6.45, 7) is 2.14. The molecule has 1 spiro atoms. The number of nitrogens with zero attached hydrogens (tertiary/aromatic N) is 4. The summed E-state index contributed by atoms with van der Waals surface area (Å²) in [7, 11) is -2.94. The molecule has 300 valence electrons. The molecule has 4 nitrogen and oxygen atoms in total. The number of anilines is 3. The normalized spacial score (nSPS) is 13.2. The molecule has 0 saturated heterocycles. The average molecular weight is 833 g/mol. The van der Waals surface area contributed by atoms with E-state index in [4.69, 9.17) is 9.97 Å². The molecule has 0 atom stereocenters. The van der Waals surface area contributed by atoms with Crippen LogP contribution < -0.4 is 25.6 Å². The van der Waals surface area contributed by atoms with Gasteiger partial charge < -0.3 is 4.57 Å². The monoisotopic (exact) mass is 832 g/mol. The smallest absolute Gasteiger partial charge is 0.235 e. The molecule has 5 heteroatoms. The Morgan fingerprint density at radius 1 is 0.375 bits per heavy atom. The second-order valence-electron chi connectivity index (χ2n) is 17.0. The van der Waals surface area contributed by atoms with Crippen LogP contribution in [0.1, 0.15) is 5.56 Å². The van der Waals surface area contributed by atoms with Crippen molar-refractivity contribution in [1.29, 1.82) is 0 Å². The Balaban J connectivity index is 1.04. The minimum absolute atomic E-state index is 0.655. The standard InChI is InChI=1S/C59H40N4Si/c1-39-28-32-44(33-29-39)62-51-22-10-8-20-45(51)48-36-42(31-35-52(48)62)43-30-34-47-46-21-9-13-25-55(46)64(58(47)37-43)56-26-14-11-23-53(56)63(54-24-12-15-27-57(54)64)59-60-49(40-16-4-2-5-17-40)38-50(61-59)41-18-6-3-7-19-41/h2-38H,1H3. The van der Waals surface area contributed by atoms with E-state index in [1.54, 1.807) is 0 Å². The Labute approximate surface area is 373 Å². The third-order valence-electron chi connectivity index (χ3n) is 13.5. The van der Waals surface area contributed by atoms with E-state index in [1.807, 2.05) is 0 Å². The van der Waals surface area contributed by atoms with Crippen molar-refractivity contribution in [2.24, 2.45) is 0 Å². The predicted octanol–water partition coefficient (Wildman–Crippen LogP) is 12.0. The molecule has 0 saturated carbocycles. The van der Waals surface area contributed by atoms with Crippen LogP contribution in [0.3, 0.4) is 0 Å². The average Bonchev–Trinajstić information content (AvgIpc) is 3.85. The molecule has 0 N–H and O–H groups in total. The summed E-state index contributed by atoms with van der Waals surface area (Å²) in [5, 5.41) is 8.01. The summed E-state index contributed by atoms with van der Waals surface area (Å²) in [6, 6.07) is 82.3. The van der Waals surface area contributed by atoms with Gasteiger partial charge in [-0.2, -0.15) is 0 Å². The van der Waals surface area contributed by atoms with Gasteiger partial charge in [-0.05, 0) is 98.5 Å². The third kappa shape index (κ3) is 5.35. The summed E-state index contributed by atoms with van der Waals surface area (Å²) in [5.41, 5.74) is 16.0. The Morgan fingerprint density at radius 3 is 1.59 bits per heavy atom. The van der Waals surface area contributed by atoms with Gasteiger partial charge in [-0.15, -0.1) is 0 Å². The quantitative estimate of drug-likeness (QED) is 0.162. The second kappa shape index (κ2) is 14.2. The molecule has 2 aromatic heterocycles. The second-order valence-corrected chi connectivity index (χ2v) is 20.7. The Morgan fingerprint density at radius 2 is 0.906 bits per heavy atom. The molecule has 0 bridgehead atoms. The van der Waals surface area contributed by atoms with E-state index in [2.05, 4.69) is 241 Å². The van der Waals surface area contributed by atoms with Gasteiger partial charge in [-0.25, -0.2) is 9.97 Å². The maximum atomic E-state index is 5.41. The molecule has 64 heavy (non-hydrogen) atoms. The zero-order valence-electron chi connectivity index (χ0n) is 35.2. The summed E-state index contributed by atoms with van der Waals surface area (Å²) in [5.74, 6) is 0.655. The van der Waals surface area contributed by atoms with Crippen molar-refractivity contribution in [3.63, 3.8) is 0 Å². The highest BCUT2D eigenvalue weighted by Crippen LogP contribution is 2.43. The highest BCUT2D eigenvalue weighted by Gasteiger charge is 2.54. The first-order chi connectivity index (χ1) is 31.6. The number of hydrogen-bond acceptors (Lipinski definition) is 3. The first-order valence-electron chi connectivity index (χ1n) is 22.0.